The average Bonchev–Trinajstić information content (AvgIpc) is 0.722. The average molecular weight is 386 g/mol. The van der Waals surface area contributed by atoms with Gasteiger partial charge in [-0.2, -0.15) is 0 Å². The van der Waals surface area contributed by atoms with Crippen LogP contribution in [0.2, 0.25) is 0 Å². The van der Waals surface area contributed by atoms with Crippen molar-refractivity contribution in [1.29, 1.82) is 0 Å². The standard InChI is InChI=1S/Bi.Mo.H2O.4O/h;;1H2;;;;/q+3;+1;;;;-2;-1/p-1. The van der Waals surface area contributed by atoms with Crippen molar-refractivity contribution in [3.63, 3.8) is 0 Å². The second kappa shape index (κ2) is 5.19. The third-order valence-electron chi connectivity index (χ3n) is 0. The Morgan fingerprint density at radius 3 is 1.43 bits per heavy atom. The molecule has 0 saturated heterocycles. The Balaban J connectivity index is -0.0000000800. The summed E-state index contributed by atoms with van der Waals surface area (Å²) in [5, 5.41) is 0. The molecule has 0 heterocycles. The van der Waals surface area contributed by atoms with Gasteiger partial charge in [-0.3, -0.25) is 0 Å². The van der Waals surface area contributed by atoms with Crippen LogP contribution in [0.5, 0.6) is 0 Å². The van der Waals surface area contributed by atoms with E-state index in [0.29, 0.717) is 0 Å². The molecule has 0 bridgehead atoms. The minimum atomic E-state index is -5.77. The molecule has 0 aromatic heterocycles. The molecule has 7 heteroatoms. The van der Waals surface area contributed by atoms with Crippen molar-refractivity contribution >= 4 is 26.2 Å². The molecule has 0 spiro atoms. The van der Waals surface area contributed by atoms with E-state index in [2.05, 4.69) is 0 Å². The SMILES string of the molecule is [Bi+3].[O-2].[O]=[Mo](=[O])([O-])[OH]. The van der Waals surface area contributed by atoms with Crippen LogP contribution in [0.15, 0.2) is 0 Å². The molecule has 0 aliphatic carbocycles. The molecule has 2 radical (unpaired) electrons. The molecule has 1 N–H and O–H groups in total. The summed E-state index contributed by atoms with van der Waals surface area (Å²) in [6.07, 6.45) is 0. The normalized spacial score (nSPS) is 8.29. The maximum absolute atomic E-state index is 8.74. The first kappa shape index (κ1) is 15.7. The van der Waals surface area contributed by atoms with Gasteiger partial charge < -0.3 is 5.48 Å². The van der Waals surface area contributed by atoms with E-state index in [9.17, 15) is 0 Å². The molecule has 0 rings (SSSR count). The summed E-state index contributed by atoms with van der Waals surface area (Å²) < 4.78 is 33.3. The van der Waals surface area contributed by atoms with Gasteiger partial charge in [-0.25, -0.2) is 0 Å². The van der Waals surface area contributed by atoms with Crippen LogP contribution in [0, 0.1) is 0 Å². The zero-order valence-electron chi connectivity index (χ0n) is 2.94. The summed E-state index contributed by atoms with van der Waals surface area (Å²) in [5.41, 5.74) is 0. The van der Waals surface area contributed by atoms with Gasteiger partial charge in [-0.05, 0) is 0 Å². The van der Waals surface area contributed by atoms with Crippen molar-refractivity contribution in [2.45, 2.75) is 0 Å². The Bertz CT molecular complexity index is 91.2. The predicted octanol–water partition coefficient (Wildman–Crippen LogP) is -2.49. The molecule has 0 aliphatic heterocycles. The molecule has 7 heavy (non-hydrogen) atoms. The van der Waals surface area contributed by atoms with Crippen molar-refractivity contribution in [2.75, 3.05) is 0 Å². The zero-order chi connectivity index (χ0) is 4.50. The fourth-order valence-electron chi connectivity index (χ4n) is 0. The van der Waals surface area contributed by atoms with Crippen molar-refractivity contribution in [2.24, 2.45) is 0 Å². The molecular formula is HBiMoO5. The topological polar surface area (TPSA) is 106 Å². The predicted molar refractivity (Wildman–Crippen MR) is 10.0 cm³/mol. The fourth-order valence-corrected chi connectivity index (χ4v) is 0. The number of rotatable bonds is 0. The first-order valence-corrected chi connectivity index (χ1v) is 4.04. The van der Waals surface area contributed by atoms with Crippen LogP contribution in [0.25, 0.3) is 0 Å². The van der Waals surface area contributed by atoms with Crippen LogP contribution in [0.4, 0.5) is 0 Å². The summed E-state index contributed by atoms with van der Waals surface area (Å²) in [4.78, 5) is 0. The molecule has 0 aromatic rings. The van der Waals surface area contributed by atoms with Gasteiger partial charge in [0.25, 0.3) is 0 Å². The molecule has 0 unspecified atom stereocenters. The van der Waals surface area contributed by atoms with Crippen LogP contribution in [0.3, 0.4) is 0 Å². The number of hydrogen-bond donors (Lipinski definition) is 1. The van der Waals surface area contributed by atoms with Crippen LogP contribution < -0.4 is 3.76 Å². The van der Waals surface area contributed by atoms with Crippen LogP contribution in [0.1, 0.15) is 0 Å². The monoisotopic (exact) mass is 388 g/mol. The van der Waals surface area contributed by atoms with Crippen molar-refractivity contribution in [1.82, 2.24) is 0 Å². The summed E-state index contributed by atoms with van der Waals surface area (Å²) in [6, 6.07) is 0. The Labute approximate surface area is 62.5 Å². The molecular weight excluding hydrogens is 385 g/mol. The van der Waals surface area contributed by atoms with Gasteiger partial charge in [-0.1, -0.05) is 0 Å². The Hall–Kier alpha value is 1.05. The van der Waals surface area contributed by atoms with Crippen LogP contribution in [-0.4, -0.2) is 30.0 Å². The second-order valence-corrected chi connectivity index (χ2v) is 2.53. The van der Waals surface area contributed by atoms with E-state index in [0.717, 1.165) is 0 Å². The molecule has 0 amide bonds. The summed E-state index contributed by atoms with van der Waals surface area (Å²) in [6.45, 7) is 0. The maximum atomic E-state index is 8.74. The van der Waals surface area contributed by atoms with Crippen LogP contribution >= 0.6 is 0 Å². The minimum absolute atomic E-state index is 0. The third kappa shape index (κ3) is 163. The summed E-state index contributed by atoms with van der Waals surface area (Å²) >= 11 is -5.77. The van der Waals surface area contributed by atoms with Gasteiger partial charge in [0.05, 0.1) is 0 Å². The molecule has 0 fully saturated rings. The Morgan fingerprint density at radius 1 is 1.43 bits per heavy atom. The van der Waals surface area contributed by atoms with Gasteiger partial charge in [0.1, 0.15) is 0 Å². The van der Waals surface area contributed by atoms with E-state index in [1.165, 1.54) is 0 Å². The Kier molecular flexibility index (Phi) is 11.6. The summed E-state index contributed by atoms with van der Waals surface area (Å²) in [5.74, 6) is 0. The third-order valence-corrected chi connectivity index (χ3v) is 0. The summed E-state index contributed by atoms with van der Waals surface area (Å²) in [7, 11) is 0. The molecule has 5 nitrogen and oxygen atoms in total. The van der Waals surface area contributed by atoms with Crippen LogP contribution in [-0.2, 0) is 29.0 Å². The quantitative estimate of drug-likeness (QED) is 0.466. The van der Waals surface area contributed by atoms with Gasteiger partial charge in [0, 0.05) is 0 Å². The van der Waals surface area contributed by atoms with E-state index in [-0.39, 0.29) is 31.7 Å². The van der Waals surface area contributed by atoms with E-state index >= 15 is 0 Å². The molecule has 0 atom stereocenters. The van der Waals surface area contributed by atoms with E-state index in [4.69, 9.17) is 14.3 Å². The van der Waals surface area contributed by atoms with E-state index in [1.807, 2.05) is 0 Å². The van der Waals surface area contributed by atoms with E-state index < -0.39 is 16.7 Å². The Morgan fingerprint density at radius 2 is 1.43 bits per heavy atom. The van der Waals surface area contributed by atoms with Gasteiger partial charge in [-0.15, -0.1) is 0 Å². The molecule has 42 valence electrons. The first-order chi connectivity index (χ1) is 2.00. The van der Waals surface area contributed by atoms with Gasteiger partial charge >= 0.3 is 57.3 Å². The molecule has 0 aliphatic rings. The molecule has 0 aromatic carbocycles. The van der Waals surface area contributed by atoms with Gasteiger partial charge in [0.15, 0.2) is 0 Å². The van der Waals surface area contributed by atoms with E-state index in [1.54, 1.807) is 0 Å². The fraction of sp³-hybridized carbons (Fsp3) is 0. The van der Waals surface area contributed by atoms with Crippen molar-refractivity contribution in [3.8, 4) is 0 Å². The van der Waals surface area contributed by atoms with Crippen molar-refractivity contribution < 1.29 is 36.5 Å². The second-order valence-electron chi connectivity index (χ2n) is 0.428. The van der Waals surface area contributed by atoms with Crippen molar-refractivity contribution in [3.05, 3.63) is 0 Å². The van der Waals surface area contributed by atoms with Gasteiger partial charge in [0.2, 0.25) is 0 Å². The zero-order valence-corrected chi connectivity index (χ0v) is 8.42. The first-order valence-electron chi connectivity index (χ1n) is 0.683. The number of hydrogen-bond acceptors (Lipinski definition) is 3. The molecule has 0 saturated carbocycles.